The first-order chi connectivity index (χ1) is 16.0. The van der Waals surface area contributed by atoms with Gasteiger partial charge in [0.05, 0.1) is 7.11 Å². The van der Waals surface area contributed by atoms with Gasteiger partial charge in [0.25, 0.3) is 0 Å². The molecule has 0 amide bonds. The summed E-state index contributed by atoms with van der Waals surface area (Å²) in [6.07, 6.45) is 3.00. The summed E-state index contributed by atoms with van der Waals surface area (Å²) in [5.41, 5.74) is 1.76. The predicted octanol–water partition coefficient (Wildman–Crippen LogP) is 5.50. The molecule has 0 radical (unpaired) electrons. The summed E-state index contributed by atoms with van der Waals surface area (Å²) in [6, 6.07) is 16.4. The third-order valence-corrected chi connectivity index (χ3v) is 4.81. The first kappa shape index (κ1) is 22.1. The average molecular weight is 454 g/mol. The van der Waals surface area contributed by atoms with Crippen molar-refractivity contribution in [2.75, 3.05) is 13.9 Å². The molecule has 0 N–H and O–H groups in total. The highest BCUT2D eigenvalue weighted by atomic mass is 19.3. The van der Waals surface area contributed by atoms with Crippen molar-refractivity contribution in [1.29, 1.82) is 0 Å². The van der Waals surface area contributed by atoms with E-state index in [0.717, 1.165) is 11.1 Å². The summed E-state index contributed by atoms with van der Waals surface area (Å²) in [5.74, 6) is 2.13. The molecule has 170 valence electrons. The number of carbonyl (C=O) groups excluding carboxylic acids is 1. The second-order valence-corrected chi connectivity index (χ2v) is 6.98. The Hall–Kier alpha value is -4.07. The largest absolute Gasteiger partial charge is 0.496 e. The standard InChI is InChI=1S/C25H20F2O6/c1-29-22-9-6-16(5-8-21(28)17-3-2-4-20(12-17)33-25(26)27)11-18(22)14-30-19-7-10-23-24(13-19)32-15-31-23/h2-13,25H,14-15H2,1H3/b8-5+. The third-order valence-electron chi connectivity index (χ3n) is 4.81. The van der Waals surface area contributed by atoms with Crippen molar-refractivity contribution >= 4 is 11.9 Å². The van der Waals surface area contributed by atoms with Crippen LogP contribution in [0.3, 0.4) is 0 Å². The van der Waals surface area contributed by atoms with Gasteiger partial charge in [0.2, 0.25) is 6.79 Å². The van der Waals surface area contributed by atoms with E-state index in [1.165, 1.54) is 30.3 Å². The van der Waals surface area contributed by atoms with Gasteiger partial charge in [-0.05, 0) is 48.0 Å². The van der Waals surface area contributed by atoms with Crippen molar-refractivity contribution in [2.45, 2.75) is 13.2 Å². The Morgan fingerprint density at radius 3 is 2.70 bits per heavy atom. The molecule has 0 fully saturated rings. The Balaban J connectivity index is 1.46. The van der Waals surface area contributed by atoms with Crippen LogP contribution in [0.25, 0.3) is 6.08 Å². The van der Waals surface area contributed by atoms with E-state index in [0.29, 0.717) is 23.0 Å². The summed E-state index contributed by atoms with van der Waals surface area (Å²) in [4.78, 5) is 12.5. The van der Waals surface area contributed by atoms with E-state index >= 15 is 0 Å². The molecule has 0 atom stereocenters. The molecule has 3 aromatic rings. The van der Waals surface area contributed by atoms with Crippen LogP contribution in [0.1, 0.15) is 21.5 Å². The van der Waals surface area contributed by atoms with Crippen LogP contribution >= 0.6 is 0 Å². The maximum absolute atomic E-state index is 12.5. The first-order valence-corrected chi connectivity index (χ1v) is 9.98. The number of alkyl halides is 2. The lowest BCUT2D eigenvalue weighted by atomic mass is 10.1. The zero-order valence-corrected chi connectivity index (χ0v) is 17.6. The van der Waals surface area contributed by atoms with Gasteiger partial charge in [-0.1, -0.05) is 24.3 Å². The second-order valence-electron chi connectivity index (χ2n) is 6.98. The van der Waals surface area contributed by atoms with Gasteiger partial charge in [0, 0.05) is 17.2 Å². The summed E-state index contributed by atoms with van der Waals surface area (Å²) in [6.45, 7) is -2.54. The Kier molecular flexibility index (Phi) is 6.73. The number of hydrogen-bond acceptors (Lipinski definition) is 6. The molecule has 6 nitrogen and oxygen atoms in total. The van der Waals surface area contributed by atoms with Gasteiger partial charge in [-0.2, -0.15) is 8.78 Å². The molecule has 0 bridgehead atoms. The number of carbonyl (C=O) groups is 1. The quantitative estimate of drug-likeness (QED) is 0.314. The molecule has 0 unspecified atom stereocenters. The lowest BCUT2D eigenvalue weighted by Gasteiger charge is -2.11. The lowest BCUT2D eigenvalue weighted by molar-refractivity contribution is -0.0498. The molecule has 0 spiro atoms. The topological polar surface area (TPSA) is 63.2 Å². The Bertz CT molecular complexity index is 1180. The zero-order valence-electron chi connectivity index (χ0n) is 17.6. The first-order valence-electron chi connectivity index (χ1n) is 9.98. The van der Waals surface area contributed by atoms with E-state index < -0.39 is 6.61 Å². The van der Waals surface area contributed by atoms with E-state index in [1.54, 1.807) is 43.5 Å². The van der Waals surface area contributed by atoms with Crippen molar-refractivity contribution in [1.82, 2.24) is 0 Å². The summed E-state index contributed by atoms with van der Waals surface area (Å²) in [5, 5.41) is 0. The fourth-order valence-electron chi connectivity index (χ4n) is 3.24. The van der Waals surface area contributed by atoms with Crippen molar-refractivity contribution in [3.05, 3.63) is 83.4 Å². The molecule has 0 aliphatic carbocycles. The summed E-state index contributed by atoms with van der Waals surface area (Å²) >= 11 is 0. The van der Waals surface area contributed by atoms with Gasteiger partial charge in [0.1, 0.15) is 23.9 Å². The number of fused-ring (bicyclic) bond motifs is 1. The Labute approximate surface area is 188 Å². The number of ketones is 1. The molecule has 8 heteroatoms. The summed E-state index contributed by atoms with van der Waals surface area (Å²) in [7, 11) is 1.56. The lowest BCUT2D eigenvalue weighted by Crippen LogP contribution is -2.03. The molecule has 1 aliphatic heterocycles. The van der Waals surface area contributed by atoms with Crippen LogP contribution in [-0.2, 0) is 6.61 Å². The molecule has 4 rings (SSSR count). The van der Waals surface area contributed by atoms with Crippen LogP contribution in [0.5, 0.6) is 28.7 Å². The average Bonchev–Trinajstić information content (AvgIpc) is 3.29. The number of ether oxygens (including phenoxy) is 5. The molecule has 3 aromatic carbocycles. The minimum absolute atomic E-state index is 0.0725. The van der Waals surface area contributed by atoms with Crippen LogP contribution in [0.4, 0.5) is 8.78 Å². The van der Waals surface area contributed by atoms with E-state index in [1.807, 2.05) is 6.07 Å². The van der Waals surface area contributed by atoms with Crippen LogP contribution in [-0.4, -0.2) is 26.3 Å². The molecule has 33 heavy (non-hydrogen) atoms. The van der Waals surface area contributed by atoms with Crippen molar-refractivity contribution in [2.24, 2.45) is 0 Å². The Morgan fingerprint density at radius 2 is 1.88 bits per heavy atom. The molecular weight excluding hydrogens is 434 g/mol. The van der Waals surface area contributed by atoms with Gasteiger partial charge in [-0.3, -0.25) is 4.79 Å². The maximum Gasteiger partial charge on any atom is 0.387 e. The second kappa shape index (κ2) is 10.0. The minimum atomic E-state index is -2.96. The third kappa shape index (κ3) is 5.60. The molecular formula is C25H20F2O6. The van der Waals surface area contributed by atoms with Gasteiger partial charge in [-0.15, -0.1) is 0 Å². The molecule has 0 saturated heterocycles. The van der Waals surface area contributed by atoms with Crippen LogP contribution in [0.15, 0.2) is 66.7 Å². The molecule has 1 aliphatic rings. The zero-order chi connectivity index (χ0) is 23.2. The SMILES string of the molecule is COc1ccc(/C=C/C(=O)c2cccc(OC(F)F)c2)cc1COc1ccc2c(c1)OCO2. The molecule has 0 saturated carbocycles. The van der Waals surface area contributed by atoms with E-state index in [4.69, 9.17) is 18.9 Å². The highest BCUT2D eigenvalue weighted by Crippen LogP contribution is 2.35. The summed E-state index contributed by atoms with van der Waals surface area (Å²) < 4.78 is 51.1. The maximum atomic E-state index is 12.5. The number of methoxy groups -OCH3 is 1. The number of allylic oxidation sites excluding steroid dienone is 1. The monoisotopic (exact) mass is 454 g/mol. The van der Waals surface area contributed by atoms with Crippen molar-refractivity contribution in [3.8, 4) is 28.7 Å². The normalized spacial score (nSPS) is 12.2. The van der Waals surface area contributed by atoms with E-state index in [-0.39, 0.29) is 30.5 Å². The van der Waals surface area contributed by atoms with Crippen molar-refractivity contribution in [3.63, 3.8) is 0 Å². The highest BCUT2D eigenvalue weighted by molar-refractivity contribution is 6.07. The van der Waals surface area contributed by atoms with Crippen molar-refractivity contribution < 1.29 is 37.3 Å². The fourth-order valence-corrected chi connectivity index (χ4v) is 3.24. The van der Waals surface area contributed by atoms with E-state index in [9.17, 15) is 13.6 Å². The highest BCUT2D eigenvalue weighted by Gasteiger charge is 2.14. The number of hydrogen-bond donors (Lipinski definition) is 0. The fraction of sp³-hybridized carbons (Fsp3) is 0.160. The van der Waals surface area contributed by atoms with Gasteiger partial charge < -0.3 is 23.7 Å². The van der Waals surface area contributed by atoms with Gasteiger partial charge in [0.15, 0.2) is 17.3 Å². The van der Waals surface area contributed by atoms with Gasteiger partial charge >= 0.3 is 6.61 Å². The molecule has 0 aromatic heterocycles. The minimum Gasteiger partial charge on any atom is -0.496 e. The number of rotatable bonds is 9. The number of halogens is 2. The number of benzene rings is 3. The Morgan fingerprint density at radius 1 is 1.03 bits per heavy atom. The van der Waals surface area contributed by atoms with E-state index in [2.05, 4.69) is 4.74 Å². The van der Waals surface area contributed by atoms with Crippen LogP contribution in [0.2, 0.25) is 0 Å². The molecule has 1 heterocycles. The van der Waals surface area contributed by atoms with Crippen LogP contribution in [0, 0.1) is 0 Å². The van der Waals surface area contributed by atoms with Crippen LogP contribution < -0.4 is 23.7 Å². The predicted molar refractivity (Wildman–Crippen MR) is 116 cm³/mol. The van der Waals surface area contributed by atoms with Gasteiger partial charge in [-0.25, -0.2) is 0 Å². The smallest absolute Gasteiger partial charge is 0.387 e.